The third-order valence-electron chi connectivity index (χ3n) is 2.81. The van der Waals surface area contributed by atoms with E-state index in [1.54, 1.807) is 6.92 Å². The van der Waals surface area contributed by atoms with Crippen LogP contribution in [0, 0.1) is 5.41 Å². The maximum atomic E-state index is 11.1. The molecule has 1 saturated carbocycles. The highest BCUT2D eigenvalue weighted by atomic mass is 16.1. The van der Waals surface area contributed by atoms with Crippen molar-refractivity contribution in [3.63, 3.8) is 0 Å². The minimum Gasteiger partial charge on any atom is -0.299 e. The van der Waals surface area contributed by atoms with Gasteiger partial charge in [0.2, 0.25) is 0 Å². The summed E-state index contributed by atoms with van der Waals surface area (Å²) in [6.45, 7) is 3.83. The van der Waals surface area contributed by atoms with E-state index in [0.29, 0.717) is 5.78 Å². The van der Waals surface area contributed by atoms with Gasteiger partial charge in [-0.05, 0) is 19.8 Å². The van der Waals surface area contributed by atoms with Gasteiger partial charge in [-0.1, -0.05) is 26.2 Å². The molecule has 0 heterocycles. The number of carbonyl (C=O) groups excluding carboxylic acids is 1. The average molecular weight is 140 g/mol. The lowest BCUT2D eigenvalue weighted by Crippen LogP contribution is -2.27. The van der Waals surface area contributed by atoms with Gasteiger partial charge in [0.15, 0.2) is 0 Å². The molecule has 10 heavy (non-hydrogen) atoms. The summed E-state index contributed by atoms with van der Waals surface area (Å²) in [5, 5.41) is 0. The van der Waals surface area contributed by atoms with Gasteiger partial charge in [0.25, 0.3) is 0 Å². The first-order valence-corrected chi connectivity index (χ1v) is 4.16. The molecular formula is C9H16O. The topological polar surface area (TPSA) is 17.1 Å². The zero-order valence-corrected chi connectivity index (χ0v) is 6.94. The van der Waals surface area contributed by atoms with Gasteiger partial charge in [-0.15, -0.1) is 0 Å². The molecule has 1 nitrogen and oxygen atoms in total. The van der Waals surface area contributed by atoms with Crippen LogP contribution >= 0.6 is 0 Å². The molecule has 1 aliphatic rings. The lowest BCUT2D eigenvalue weighted by molar-refractivity contribution is -0.127. The quantitative estimate of drug-likeness (QED) is 0.547. The van der Waals surface area contributed by atoms with E-state index in [1.165, 1.54) is 19.3 Å². The second-order valence-corrected chi connectivity index (χ2v) is 3.68. The minimum absolute atomic E-state index is 0.0399. The van der Waals surface area contributed by atoms with Gasteiger partial charge < -0.3 is 0 Å². The Labute approximate surface area is 62.8 Å². The van der Waals surface area contributed by atoms with Gasteiger partial charge in [-0.2, -0.15) is 0 Å². The second-order valence-electron chi connectivity index (χ2n) is 3.68. The van der Waals surface area contributed by atoms with Crippen molar-refractivity contribution in [1.29, 1.82) is 0 Å². The molecular weight excluding hydrogens is 124 g/mol. The van der Waals surface area contributed by atoms with Crippen LogP contribution in [0.1, 0.15) is 46.0 Å². The molecule has 0 atom stereocenters. The first-order valence-electron chi connectivity index (χ1n) is 4.16. The zero-order valence-electron chi connectivity index (χ0n) is 6.94. The lowest BCUT2D eigenvalue weighted by atomic mass is 9.73. The molecule has 1 fully saturated rings. The Balaban J connectivity index is 2.56. The predicted molar refractivity (Wildman–Crippen MR) is 41.9 cm³/mol. The molecule has 1 heteroatoms. The van der Waals surface area contributed by atoms with Gasteiger partial charge in [-0.25, -0.2) is 0 Å². The first kappa shape index (κ1) is 7.77. The van der Waals surface area contributed by atoms with Crippen LogP contribution in [0.3, 0.4) is 0 Å². The fraction of sp³-hybridized carbons (Fsp3) is 0.889. The molecule has 0 saturated heterocycles. The van der Waals surface area contributed by atoms with Crippen molar-refractivity contribution in [2.24, 2.45) is 5.41 Å². The zero-order chi connectivity index (χ0) is 7.61. The van der Waals surface area contributed by atoms with E-state index in [4.69, 9.17) is 0 Å². The van der Waals surface area contributed by atoms with Crippen LogP contribution in [-0.4, -0.2) is 5.78 Å². The van der Waals surface area contributed by atoms with Crippen molar-refractivity contribution in [1.82, 2.24) is 0 Å². The van der Waals surface area contributed by atoms with E-state index >= 15 is 0 Å². The highest BCUT2D eigenvalue weighted by Crippen LogP contribution is 2.36. The Morgan fingerprint density at radius 1 is 1.20 bits per heavy atom. The highest BCUT2D eigenvalue weighted by Gasteiger charge is 2.30. The standard InChI is InChI=1S/C9H16O/c1-8(10)9(2)6-4-3-5-7-9/h3-7H2,1-2H3. The summed E-state index contributed by atoms with van der Waals surface area (Å²) in [6, 6.07) is 0. The van der Waals surface area contributed by atoms with Gasteiger partial charge in [0.1, 0.15) is 5.78 Å². The average Bonchev–Trinajstić information content (AvgIpc) is 1.89. The third kappa shape index (κ3) is 1.39. The van der Waals surface area contributed by atoms with Crippen LogP contribution in [0.25, 0.3) is 0 Å². The van der Waals surface area contributed by atoms with Crippen molar-refractivity contribution >= 4 is 5.78 Å². The maximum absolute atomic E-state index is 11.1. The number of ketones is 1. The van der Waals surface area contributed by atoms with Crippen LogP contribution < -0.4 is 0 Å². The molecule has 0 amide bonds. The molecule has 1 rings (SSSR count). The molecule has 0 aromatic rings. The lowest BCUT2D eigenvalue weighted by Gasteiger charge is -2.30. The fourth-order valence-electron chi connectivity index (χ4n) is 1.68. The van der Waals surface area contributed by atoms with Crippen molar-refractivity contribution in [2.45, 2.75) is 46.0 Å². The van der Waals surface area contributed by atoms with E-state index in [-0.39, 0.29) is 5.41 Å². The number of carbonyl (C=O) groups is 1. The first-order chi connectivity index (χ1) is 4.65. The van der Waals surface area contributed by atoms with Crippen LogP contribution in [0.5, 0.6) is 0 Å². The molecule has 0 N–H and O–H groups in total. The second kappa shape index (κ2) is 2.73. The normalized spacial score (nSPS) is 24.2. The van der Waals surface area contributed by atoms with Crippen LogP contribution in [0.2, 0.25) is 0 Å². The number of Topliss-reactive ketones (excluding diaryl/α,β-unsaturated/α-hetero) is 1. The Morgan fingerprint density at radius 3 is 2.00 bits per heavy atom. The van der Waals surface area contributed by atoms with Gasteiger partial charge in [0, 0.05) is 5.41 Å². The minimum atomic E-state index is 0.0399. The maximum Gasteiger partial charge on any atom is 0.135 e. The van der Waals surface area contributed by atoms with E-state index < -0.39 is 0 Å². The Bertz CT molecular complexity index is 132. The van der Waals surface area contributed by atoms with Crippen molar-refractivity contribution in [3.8, 4) is 0 Å². The Kier molecular flexibility index (Phi) is 2.12. The monoisotopic (exact) mass is 140 g/mol. The van der Waals surface area contributed by atoms with Gasteiger partial charge in [-0.3, -0.25) is 4.79 Å². The Morgan fingerprint density at radius 2 is 1.70 bits per heavy atom. The SMILES string of the molecule is CC(=O)C1(C)CCCCC1. The smallest absolute Gasteiger partial charge is 0.135 e. The molecule has 0 aromatic carbocycles. The molecule has 58 valence electrons. The highest BCUT2D eigenvalue weighted by molar-refractivity contribution is 5.81. The van der Waals surface area contributed by atoms with Gasteiger partial charge in [0.05, 0.1) is 0 Å². The molecule has 1 aliphatic carbocycles. The van der Waals surface area contributed by atoms with E-state index in [1.807, 2.05) is 0 Å². The molecule has 0 aromatic heterocycles. The van der Waals surface area contributed by atoms with Gasteiger partial charge >= 0.3 is 0 Å². The summed E-state index contributed by atoms with van der Waals surface area (Å²) in [5.74, 6) is 0.382. The predicted octanol–water partition coefficient (Wildman–Crippen LogP) is 2.55. The largest absolute Gasteiger partial charge is 0.299 e. The summed E-state index contributed by atoms with van der Waals surface area (Å²) < 4.78 is 0. The molecule has 0 aliphatic heterocycles. The summed E-state index contributed by atoms with van der Waals surface area (Å²) in [7, 11) is 0. The summed E-state index contributed by atoms with van der Waals surface area (Å²) in [6.07, 6.45) is 6.04. The van der Waals surface area contributed by atoms with Crippen LogP contribution in [0.15, 0.2) is 0 Å². The molecule has 0 unspecified atom stereocenters. The number of hydrogen-bond acceptors (Lipinski definition) is 1. The van der Waals surface area contributed by atoms with Crippen molar-refractivity contribution in [2.75, 3.05) is 0 Å². The third-order valence-corrected chi connectivity index (χ3v) is 2.81. The van der Waals surface area contributed by atoms with E-state index in [0.717, 1.165) is 12.8 Å². The van der Waals surface area contributed by atoms with Crippen LogP contribution in [-0.2, 0) is 4.79 Å². The Hall–Kier alpha value is -0.330. The molecule has 0 radical (unpaired) electrons. The number of rotatable bonds is 1. The van der Waals surface area contributed by atoms with E-state index in [9.17, 15) is 4.79 Å². The van der Waals surface area contributed by atoms with Crippen molar-refractivity contribution in [3.05, 3.63) is 0 Å². The molecule has 0 bridgehead atoms. The number of hydrogen-bond donors (Lipinski definition) is 0. The van der Waals surface area contributed by atoms with E-state index in [2.05, 4.69) is 6.92 Å². The van der Waals surface area contributed by atoms with Crippen molar-refractivity contribution < 1.29 is 4.79 Å². The summed E-state index contributed by atoms with van der Waals surface area (Å²) in [4.78, 5) is 11.1. The summed E-state index contributed by atoms with van der Waals surface area (Å²) >= 11 is 0. The van der Waals surface area contributed by atoms with Crippen LogP contribution in [0.4, 0.5) is 0 Å². The fourth-order valence-corrected chi connectivity index (χ4v) is 1.68. The summed E-state index contributed by atoms with van der Waals surface area (Å²) in [5.41, 5.74) is 0.0399. The molecule has 0 spiro atoms.